The molecule has 0 unspecified atom stereocenters. The molecule has 1 aromatic heterocycles. The average Bonchev–Trinajstić information content (AvgIpc) is 2.39. The van der Waals surface area contributed by atoms with Crippen molar-refractivity contribution in [1.29, 1.82) is 0 Å². The van der Waals surface area contributed by atoms with Gasteiger partial charge in [-0.1, -0.05) is 23.2 Å². The third kappa shape index (κ3) is 3.64. The smallest absolute Gasteiger partial charge is 0.222 e. The highest BCUT2D eigenvalue weighted by Gasteiger charge is 2.10. The molecule has 1 aromatic carbocycles. The first-order valence-electron chi connectivity index (χ1n) is 5.99. The van der Waals surface area contributed by atoms with E-state index >= 15 is 0 Å². The maximum atomic E-state index is 6.13. The Labute approximate surface area is 136 Å². The molecular formula is C14H13BrCl2N2O. The maximum Gasteiger partial charge on any atom is 0.222 e. The van der Waals surface area contributed by atoms with Gasteiger partial charge in [0.15, 0.2) is 0 Å². The van der Waals surface area contributed by atoms with Gasteiger partial charge >= 0.3 is 0 Å². The molecule has 2 rings (SSSR count). The van der Waals surface area contributed by atoms with E-state index in [4.69, 9.17) is 33.7 Å². The van der Waals surface area contributed by atoms with Gasteiger partial charge in [0, 0.05) is 22.3 Å². The van der Waals surface area contributed by atoms with Crippen molar-refractivity contribution in [2.45, 2.75) is 13.3 Å². The number of halogens is 3. The topological polar surface area (TPSA) is 48.1 Å². The van der Waals surface area contributed by atoms with Gasteiger partial charge in [-0.25, -0.2) is 4.98 Å². The number of hydrogen-bond acceptors (Lipinski definition) is 3. The van der Waals surface area contributed by atoms with Crippen LogP contribution >= 0.6 is 39.1 Å². The Hall–Kier alpha value is -0.810. The van der Waals surface area contributed by atoms with Crippen molar-refractivity contribution in [3.63, 3.8) is 0 Å². The summed E-state index contributed by atoms with van der Waals surface area (Å²) in [6, 6.07) is 5.35. The molecule has 0 radical (unpaired) electrons. The monoisotopic (exact) mass is 374 g/mol. The zero-order valence-electron chi connectivity index (χ0n) is 10.8. The van der Waals surface area contributed by atoms with Crippen LogP contribution in [0.5, 0.6) is 11.6 Å². The van der Waals surface area contributed by atoms with E-state index < -0.39 is 0 Å². The molecule has 2 N–H and O–H groups in total. The van der Waals surface area contributed by atoms with Crippen molar-refractivity contribution in [3.05, 3.63) is 50.0 Å². The minimum absolute atomic E-state index is 0.466. The molecule has 106 valence electrons. The number of rotatable bonds is 4. The van der Waals surface area contributed by atoms with Crippen molar-refractivity contribution in [1.82, 2.24) is 4.98 Å². The van der Waals surface area contributed by atoms with Crippen LogP contribution in [0, 0.1) is 6.92 Å². The van der Waals surface area contributed by atoms with Gasteiger partial charge in [0.05, 0.1) is 10.0 Å². The lowest BCUT2D eigenvalue weighted by molar-refractivity contribution is 0.458. The first kappa shape index (κ1) is 15.6. The molecule has 20 heavy (non-hydrogen) atoms. The van der Waals surface area contributed by atoms with Crippen LogP contribution in [-0.2, 0) is 6.42 Å². The lowest BCUT2D eigenvalue weighted by atomic mass is 10.1. The van der Waals surface area contributed by atoms with Crippen LogP contribution in [0.15, 0.2) is 28.9 Å². The molecular weight excluding hydrogens is 363 g/mol. The van der Waals surface area contributed by atoms with Crippen LogP contribution in [-0.4, -0.2) is 11.5 Å². The minimum atomic E-state index is 0.466. The van der Waals surface area contributed by atoms with Crippen molar-refractivity contribution in [2.24, 2.45) is 5.73 Å². The Morgan fingerprint density at radius 1 is 1.25 bits per heavy atom. The van der Waals surface area contributed by atoms with Crippen LogP contribution in [0.4, 0.5) is 0 Å². The van der Waals surface area contributed by atoms with E-state index in [1.54, 1.807) is 18.3 Å². The molecule has 0 spiro atoms. The Kier molecular flexibility index (Phi) is 5.27. The fraction of sp³-hybridized carbons (Fsp3) is 0.214. The SMILES string of the molecule is Cc1cc(CCN)cnc1Oc1cc(Cl)c(Br)cc1Cl. The van der Waals surface area contributed by atoms with Crippen LogP contribution in [0.2, 0.25) is 10.0 Å². The molecule has 0 saturated heterocycles. The van der Waals surface area contributed by atoms with Gasteiger partial charge in [0.25, 0.3) is 0 Å². The second-order valence-corrected chi connectivity index (χ2v) is 5.97. The summed E-state index contributed by atoms with van der Waals surface area (Å²) >= 11 is 15.5. The number of nitrogens with zero attached hydrogens (tertiary/aromatic N) is 1. The number of aromatic nitrogens is 1. The summed E-state index contributed by atoms with van der Waals surface area (Å²) in [5.74, 6) is 0.980. The van der Waals surface area contributed by atoms with E-state index in [9.17, 15) is 0 Å². The second-order valence-electron chi connectivity index (χ2n) is 4.30. The van der Waals surface area contributed by atoms with E-state index in [-0.39, 0.29) is 0 Å². The molecule has 0 fully saturated rings. The van der Waals surface area contributed by atoms with Gasteiger partial charge in [0.2, 0.25) is 5.88 Å². The largest absolute Gasteiger partial charge is 0.437 e. The molecule has 0 saturated carbocycles. The summed E-state index contributed by atoms with van der Waals surface area (Å²) in [5, 5.41) is 0.996. The van der Waals surface area contributed by atoms with Gasteiger partial charge in [0.1, 0.15) is 5.75 Å². The van der Waals surface area contributed by atoms with Crippen molar-refractivity contribution >= 4 is 39.1 Å². The number of benzene rings is 1. The van der Waals surface area contributed by atoms with Crippen molar-refractivity contribution < 1.29 is 4.74 Å². The summed E-state index contributed by atoms with van der Waals surface area (Å²) in [6.07, 6.45) is 2.54. The van der Waals surface area contributed by atoms with Gasteiger partial charge in [-0.2, -0.15) is 0 Å². The van der Waals surface area contributed by atoms with E-state index in [2.05, 4.69) is 20.9 Å². The molecule has 6 heteroatoms. The molecule has 0 aliphatic heterocycles. The lowest BCUT2D eigenvalue weighted by Crippen LogP contribution is -2.03. The second kappa shape index (κ2) is 6.76. The fourth-order valence-electron chi connectivity index (χ4n) is 1.72. The van der Waals surface area contributed by atoms with Crippen LogP contribution in [0.1, 0.15) is 11.1 Å². The predicted octanol–water partition coefficient (Wildman–Crippen LogP) is 4.75. The third-order valence-electron chi connectivity index (χ3n) is 2.70. The summed E-state index contributed by atoms with van der Waals surface area (Å²) in [5.41, 5.74) is 7.53. The Morgan fingerprint density at radius 2 is 2.00 bits per heavy atom. The molecule has 3 nitrogen and oxygen atoms in total. The summed E-state index contributed by atoms with van der Waals surface area (Å²) < 4.78 is 6.45. The quantitative estimate of drug-likeness (QED) is 0.784. The number of hydrogen-bond donors (Lipinski definition) is 1. The standard InChI is InChI=1S/C14H13BrCl2N2O/c1-8-4-9(2-3-18)7-19-14(8)20-13-6-11(16)10(15)5-12(13)17/h4-7H,2-3,18H2,1H3. The number of aryl methyl sites for hydroxylation is 1. The molecule has 0 aliphatic carbocycles. The third-order valence-corrected chi connectivity index (χ3v) is 4.19. The van der Waals surface area contributed by atoms with E-state index in [0.717, 1.165) is 22.0 Å². The predicted molar refractivity (Wildman–Crippen MR) is 86.0 cm³/mol. The zero-order valence-corrected chi connectivity index (χ0v) is 13.9. The first-order chi connectivity index (χ1) is 9.51. The Morgan fingerprint density at radius 3 is 2.65 bits per heavy atom. The Balaban J connectivity index is 2.28. The van der Waals surface area contributed by atoms with Crippen LogP contribution in [0.25, 0.3) is 0 Å². The van der Waals surface area contributed by atoms with E-state index in [1.165, 1.54) is 0 Å². The normalized spacial score (nSPS) is 10.7. The van der Waals surface area contributed by atoms with Crippen LogP contribution < -0.4 is 10.5 Å². The van der Waals surface area contributed by atoms with Crippen molar-refractivity contribution in [3.8, 4) is 11.6 Å². The lowest BCUT2D eigenvalue weighted by Gasteiger charge is -2.11. The summed E-state index contributed by atoms with van der Waals surface area (Å²) in [6.45, 7) is 2.52. The summed E-state index contributed by atoms with van der Waals surface area (Å²) in [4.78, 5) is 4.29. The number of nitrogens with two attached hydrogens (primary N) is 1. The zero-order chi connectivity index (χ0) is 14.7. The molecule has 0 aliphatic rings. The van der Waals surface area contributed by atoms with E-state index in [0.29, 0.717) is 28.2 Å². The van der Waals surface area contributed by atoms with Crippen LogP contribution in [0.3, 0.4) is 0 Å². The molecule has 0 amide bonds. The van der Waals surface area contributed by atoms with Crippen molar-refractivity contribution in [2.75, 3.05) is 6.54 Å². The average molecular weight is 376 g/mol. The summed E-state index contributed by atoms with van der Waals surface area (Å²) in [7, 11) is 0. The number of ether oxygens (including phenoxy) is 1. The molecule has 0 atom stereocenters. The molecule has 1 heterocycles. The molecule has 2 aromatic rings. The van der Waals surface area contributed by atoms with Gasteiger partial charge < -0.3 is 10.5 Å². The van der Waals surface area contributed by atoms with Gasteiger partial charge in [-0.15, -0.1) is 0 Å². The highest BCUT2D eigenvalue weighted by molar-refractivity contribution is 9.10. The highest BCUT2D eigenvalue weighted by atomic mass is 79.9. The van der Waals surface area contributed by atoms with E-state index in [1.807, 2.05) is 13.0 Å². The number of pyridine rings is 1. The highest BCUT2D eigenvalue weighted by Crippen LogP contribution is 2.36. The molecule has 0 bridgehead atoms. The van der Waals surface area contributed by atoms with Gasteiger partial charge in [-0.05, 0) is 53.5 Å². The van der Waals surface area contributed by atoms with Gasteiger partial charge in [-0.3, -0.25) is 0 Å². The maximum absolute atomic E-state index is 6.13. The Bertz CT molecular complexity index is 635. The fourth-order valence-corrected chi connectivity index (χ4v) is 2.55. The minimum Gasteiger partial charge on any atom is -0.437 e. The first-order valence-corrected chi connectivity index (χ1v) is 7.54.